The van der Waals surface area contributed by atoms with E-state index in [1.165, 1.54) is 25.2 Å². The second-order valence-corrected chi connectivity index (χ2v) is 5.69. The van der Waals surface area contributed by atoms with Gasteiger partial charge in [0.2, 0.25) is 10.0 Å². The van der Waals surface area contributed by atoms with Gasteiger partial charge in [-0.25, -0.2) is 8.42 Å². The second-order valence-electron chi connectivity index (χ2n) is 3.67. The molecule has 0 saturated carbocycles. The minimum atomic E-state index is -3.89. The lowest BCUT2D eigenvalue weighted by molar-refractivity contribution is -0.143. The molecular weight excluding hydrogens is 268 g/mol. The molecule has 0 bridgehead atoms. The number of sulfonamides is 1. The monoisotopic (exact) mass is 282 g/mol. The summed E-state index contributed by atoms with van der Waals surface area (Å²) in [7, 11) is -2.62. The summed E-state index contributed by atoms with van der Waals surface area (Å²) in [6.07, 6.45) is 0. The highest BCUT2D eigenvalue weighted by molar-refractivity contribution is 7.89. The number of rotatable bonds is 5. The van der Waals surface area contributed by atoms with Gasteiger partial charge in [-0.2, -0.15) is 9.57 Å². The van der Waals surface area contributed by atoms with E-state index in [1.807, 2.05) is 6.07 Å². The molecular formula is C12H14N2O4S. The number of benzene rings is 1. The fourth-order valence-corrected chi connectivity index (χ4v) is 2.68. The van der Waals surface area contributed by atoms with E-state index < -0.39 is 22.5 Å². The summed E-state index contributed by atoms with van der Waals surface area (Å²) in [6.45, 7) is 1.43. The molecule has 0 saturated heterocycles. The van der Waals surface area contributed by atoms with Crippen molar-refractivity contribution in [3.8, 4) is 6.07 Å². The summed E-state index contributed by atoms with van der Waals surface area (Å²) in [5, 5.41) is 8.91. The van der Waals surface area contributed by atoms with E-state index in [-0.39, 0.29) is 17.1 Å². The maximum Gasteiger partial charge on any atom is 0.321 e. The van der Waals surface area contributed by atoms with E-state index in [0.29, 0.717) is 0 Å². The second kappa shape index (κ2) is 6.31. The molecule has 1 aromatic carbocycles. The molecule has 0 radical (unpaired) electrons. The van der Waals surface area contributed by atoms with Crippen LogP contribution in [-0.2, 0) is 19.6 Å². The van der Waals surface area contributed by atoms with Crippen LogP contribution >= 0.6 is 0 Å². The number of nitrogens with zero attached hydrogens (tertiary/aromatic N) is 2. The fraction of sp³-hybridized carbons (Fsp3) is 0.333. The lowest BCUT2D eigenvalue weighted by atomic mass is 10.2. The number of carbonyl (C=O) groups is 1. The topological polar surface area (TPSA) is 87.5 Å². The van der Waals surface area contributed by atoms with E-state index in [0.717, 1.165) is 4.31 Å². The van der Waals surface area contributed by atoms with Crippen molar-refractivity contribution >= 4 is 16.0 Å². The van der Waals surface area contributed by atoms with Gasteiger partial charge in [-0.3, -0.25) is 4.79 Å². The first kappa shape index (κ1) is 15.1. The first-order valence-electron chi connectivity index (χ1n) is 5.54. The van der Waals surface area contributed by atoms with Crippen molar-refractivity contribution in [2.75, 3.05) is 20.2 Å². The van der Waals surface area contributed by atoms with Gasteiger partial charge in [-0.1, -0.05) is 12.1 Å². The SMILES string of the molecule is CCOC(=O)CN(C)S(=O)(=O)c1ccccc1C#N. The van der Waals surface area contributed by atoms with Crippen LogP contribution in [0.1, 0.15) is 12.5 Å². The van der Waals surface area contributed by atoms with Gasteiger partial charge in [0.05, 0.1) is 17.1 Å². The van der Waals surface area contributed by atoms with Gasteiger partial charge in [-0.15, -0.1) is 0 Å². The van der Waals surface area contributed by atoms with Gasteiger partial charge in [0.15, 0.2) is 0 Å². The summed E-state index contributed by atoms with van der Waals surface area (Å²) in [5.41, 5.74) is 0.0400. The van der Waals surface area contributed by atoms with E-state index in [9.17, 15) is 13.2 Å². The van der Waals surface area contributed by atoms with Crippen molar-refractivity contribution in [2.24, 2.45) is 0 Å². The Morgan fingerprint density at radius 1 is 1.42 bits per heavy atom. The lowest BCUT2D eigenvalue weighted by Gasteiger charge is -2.16. The summed E-state index contributed by atoms with van der Waals surface area (Å²) in [4.78, 5) is 11.2. The van der Waals surface area contributed by atoms with Crippen LogP contribution in [0.4, 0.5) is 0 Å². The molecule has 1 rings (SSSR count). The number of ether oxygens (including phenoxy) is 1. The van der Waals surface area contributed by atoms with Crippen molar-refractivity contribution < 1.29 is 17.9 Å². The minimum Gasteiger partial charge on any atom is -0.465 e. The lowest BCUT2D eigenvalue weighted by Crippen LogP contribution is -2.33. The van der Waals surface area contributed by atoms with Crippen LogP contribution in [0.3, 0.4) is 0 Å². The highest BCUT2D eigenvalue weighted by Gasteiger charge is 2.25. The van der Waals surface area contributed by atoms with Crippen molar-refractivity contribution in [2.45, 2.75) is 11.8 Å². The van der Waals surface area contributed by atoms with E-state index in [1.54, 1.807) is 13.0 Å². The first-order chi connectivity index (χ1) is 8.93. The molecule has 0 unspecified atom stereocenters. The maximum absolute atomic E-state index is 12.2. The molecule has 0 aliphatic carbocycles. The van der Waals surface area contributed by atoms with Crippen LogP contribution in [0.25, 0.3) is 0 Å². The molecule has 0 fully saturated rings. The predicted octanol–water partition coefficient (Wildman–Crippen LogP) is 0.742. The Morgan fingerprint density at radius 3 is 2.63 bits per heavy atom. The number of esters is 1. The summed E-state index contributed by atoms with van der Waals surface area (Å²) in [5.74, 6) is -0.636. The molecule has 0 atom stereocenters. The maximum atomic E-state index is 12.2. The zero-order valence-corrected chi connectivity index (χ0v) is 11.5. The average molecular weight is 282 g/mol. The Bertz CT molecular complexity index is 604. The Morgan fingerprint density at radius 2 is 2.05 bits per heavy atom. The van der Waals surface area contributed by atoms with Crippen LogP contribution in [0.15, 0.2) is 29.2 Å². The molecule has 102 valence electrons. The Kier molecular flexibility index (Phi) is 5.03. The predicted molar refractivity (Wildman–Crippen MR) is 67.6 cm³/mol. The van der Waals surface area contributed by atoms with Gasteiger partial charge in [0.25, 0.3) is 0 Å². The van der Waals surface area contributed by atoms with Crippen molar-refractivity contribution in [3.05, 3.63) is 29.8 Å². The highest BCUT2D eigenvalue weighted by Crippen LogP contribution is 2.18. The van der Waals surface area contributed by atoms with Crippen LogP contribution in [0, 0.1) is 11.3 Å². The van der Waals surface area contributed by atoms with Gasteiger partial charge in [-0.05, 0) is 19.1 Å². The molecule has 6 nitrogen and oxygen atoms in total. The zero-order valence-electron chi connectivity index (χ0n) is 10.7. The Hall–Kier alpha value is -1.91. The molecule has 0 aromatic heterocycles. The van der Waals surface area contributed by atoms with Gasteiger partial charge in [0, 0.05) is 7.05 Å². The number of nitriles is 1. The Labute approximate surface area is 112 Å². The normalized spacial score (nSPS) is 11.1. The van der Waals surface area contributed by atoms with Crippen molar-refractivity contribution in [1.82, 2.24) is 4.31 Å². The number of likely N-dealkylation sites (N-methyl/N-ethyl adjacent to an activating group) is 1. The standard InChI is InChI=1S/C12H14N2O4S/c1-3-18-12(15)9-14(2)19(16,17)11-7-5-4-6-10(11)8-13/h4-7H,3,9H2,1-2H3. The summed E-state index contributed by atoms with van der Waals surface area (Å²) in [6, 6.07) is 7.64. The third-order valence-electron chi connectivity index (χ3n) is 2.35. The zero-order chi connectivity index (χ0) is 14.5. The number of carbonyl (C=O) groups excluding carboxylic acids is 1. The van der Waals surface area contributed by atoms with Gasteiger partial charge < -0.3 is 4.74 Å². The van der Waals surface area contributed by atoms with Crippen LogP contribution < -0.4 is 0 Å². The minimum absolute atomic E-state index is 0.0400. The third kappa shape index (κ3) is 3.53. The van der Waals surface area contributed by atoms with Crippen molar-refractivity contribution in [1.29, 1.82) is 5.26 Å². The van der Waals surface area contributed by atoms with Crippen molar-refractivity contribution in [3.63, 3.8) is 0 Å². The summed E-state index contributed by atoms with van der Waals surface area (Å²) >= 11 is 0. The molecule has 1 aromatic rings. The van der Waals surface area contributed by atoms with E-state index in [4.69, 9.17) is 10.00 Å². The van der Waals surface area contributed by atoms with Gasteiger partial charge in [0.1, 0.15) is 12.6 Å². The Balaban J connectivity index is 3.04. The first-order valence-corrected chi connectivity index (χ1v) is 6.98. The molecule has 0 amide bonds. The summed E-state index contributed by atoms with van der Waals surface area (Å²) < 4.78 is 30.0. The highest BCUT2D eigenvalue weighted by atomic mass is 32.2. The largest absolute Gasteiger partial charge is 0.465 e. The molecule has 7 heteroatoms. The average Bonchev–Trinajstić information content (AvgIpc) is 2.38. The fourth-order valence-electron chi connectivity index (χ4n) is 1.43. The molecule has 19 heavy (non-hydrogen) atoms. The molecule has 0 spiro atoms. The number of hydrogen-bond acceptors (Lipinski definition) is 5. The van der Waals surface area contributed by atoms with E-state index in [2.05, 4.69) is 0 Å². The van der Waals surface area contributed by atoms with Crippen LogP contribution in [-0.4, -0.2) is 38.9 Å². The molecule has 0 aliphatic heterocycles. The van der Waals surface area contributed by atoms with Gasteiger partial charge >= 0.3 is 5.97 Å². The quantitative estimate of drug-likeness (QED) is 0.743. The van der Waals surface area contributed by atoms with E-state index >= 15 is 0 Å². The van der Waals surface area contributed by atoms with Crippen LogP contribution in [0.5, 0.6) is 0 Å². The number of hydrogen-bond donors (Lipinski definition) is 0. The van der Waals surface area contributed by atoms with Crippen LogP contribution in [0.2, 0.25) is 0 Å². The molecule has 0 N–H and O–H groups in total. The molecule has 0 heterocycles. The smallest absolute Gasteiger partial charge is 0.321 e. The molecule has 0 aliphatic rings. The third-order valence-corrected chi connectivity index (χ3v) is 4.21.